The molecular formula is C16H13ClFN3. The molecule has 0 amide bonds. The summed E-state index contributed by atoms with van der Waals surface area (Å²) in [7, 11) is 0. The summed E-state index contributed by atoms with van der Waals surface area (Å²) in [4.78, 5) is 4.51. The van der Waals surface area contributed by atoms with Gasteiger partial charge in [-0.05, 0) is 49.2 Å². The molecule has 1 saturated carbocycles. The lowest BCUT2D eigenvalue weighted by Gasteiger charge is -2.25. The van der Waals surface area contributed by atoms with Crippen molar-refractivity contribution in [3.8, 4) is 11.4 Å². The molecule has 106 valence electrons. The number of rotatable bonds is 2. The van der Waals surface area contributed by atoms with Crippen LogP contribution in [0.15, 0.2) is 36.4 Å². The van der Waals surface area contributed by atoms with Gasteiger partial charge in [-0.15, -0.1) is 5.10 Å². The number of aromatic nitrogens is 3. The van der Waals surface area contributed by atoms with Crippen molar-refractivity contribution < 1.29 is 4.39 Å². The maximum Gasteiger partial charge on any atom is 0.182 e. The third-order valence-corrected chi connectivity index (χ3v) is 4.39. The fraction of sp³-hybridized carbons (Fsp3) is 0.250. The second kappa shape index (κ2) is 4.81. The zero-order chi connectivity index (χ0) is 14.4. The minimum absolute atomic E-state index is 0.268. The van der Waals surface area contributed by atoms with E-state index >= 15 is 0 Å². The van der Waals surface area contributed by atoms with Gasteiger partial charge in [-0.1, -0.05) is 18.0 Å². The summed E-state index contributed by atoms with van der Waals surface area (Å²) < 4.78 is 14.9. The summed E-state index contributed by atoms with van der Waals surface area (Å²) in [6.45, 7) is 0. The minimum Gasteiger partial charge on any atom is -0.216 e. The summed E-state index contributed by atoms with van der Waals surface area (Å²) in [5.41, 5.74) is 2.61. The van der Waals surface area contributed by atoms with Gasteiger partial charge in [-0.2, -0.15) is 0 Å². The van der Waals surface area contributed by atoms with Crippen molar-refractivity contribution in [1.82, 2.24) is 14.6 Å². The maximum absolute atomic E-state index is 13.0. The average Bonchev–Trinajstić information content (AvgIpc) is 2.87. The van der Waals surface area contributed by atoms with Crippen LogP contribution in [0.1, 0.15) is 30.9 Å². The van der Waals surface area contributed by atoms with Gasteiger partial charge in [0.05, 0.1) is 5.02 Å². The topological polar surface area (TPSA) is 30.2 Å². The molecule has 1 aliphatic rings. The van der Waals surface area contributed by atoms with E-state index in [0.29, 0.717) is 22.4 Å². The largest absolute Gasteiger partial charge is 0.216 e. The lowest BCUT2D eigenvalue weighted by atomic mass is 9.82. The van der Waals surface area contributed by atoms with Crippen molar-refractivity contribution in [3.05, 3.63) is 52.9 Å². The number of nitrogens with zero attached hydrogens (tertiary/aromatic N) is 3. The van der Waals surface area contributed by atoms with Crippen LogP contribution < -0.4 is 0 Å². The van der Waals surface area contributed by atoms with Crippen LogP contribution >= 0.6 is 11.6 Å². The van der Waals surface area contributed by atoms with Gasteiger partial charge in [0.25, 0.3) is 0 Å². The number of hydrogen-bond donors (Lipinski definition) is 0. The number of halogens is 2. The molecule has 0 bridgehead atoms. The predicted molar refractivity (Wildman–Crippen MR) is 80.0 cm³/mol. The van der Waals surface area contributed by atoms with E-state index in [0.717, 1.165) is 11.3 Å². The van der Waals surface area contributed by atoms with Gasteiger partial charge < -0.3 is 0 Å². The molecule has 5 heteroatoms. The molecule has 0 radical (unpaired) electrons. The second-order valence-electron chi connectivity index (χ2n) is 5.41. The highest BCUT2D eigenvalue weighted by Gasteiger charge is 2.24. The van der Waals surface area contributed by atoms with Crippen molar-refractivity contribution in [3.63, 3.8) is 0 Å². The summed E-state index contributed by atoms with van der Waals surface area (Å²) in [5.74, 6) is 0.840. The molecule has 3 nitrogen and oxygen atoms in total. The molecule has 0 N–H and O–H groups in total. The van der Waals surface area contributed by atoms with Gasteiger partial charge in [0, 0.05) is 17.2 Å². The van der Waals surface area contributed by atoms with E-state index in [2.05, 4.69) is 10.1 Å². The Morgan fingerprint density at radius 1 is 1.10 bits per heavy atom. The third-order valence-electron chi connectivity index (χ3n) is 4.09. The smallest absolute Gasteiger partial charge is 0.182 e. The minimum atomic E-state index is -0.268. The van der Waals surface area contributed by atoms with Crippen LogP contribution in [-0.2, 0) is 0 Å². The molecule has 0 saturated heterocycles. The van der Waals surface area contributed by atoms with Crippen molar-refractivity contribution in [1.29, 1.82) is 0 Å². The molecule has 1 fully saturated rings. The fourth-order valence-corrected chi connectivity index (χ4v) is 2.87. The molecule has 2 aromatic heterocycles. The Bertz CT molecular complexity index is 806. The molecule has 1 aromatic carbocycles. The van der Waals surface area contributed by atoms with Crippen LogP contribution in [0.5, 0.6) is 0 Å². The van der Waals surface area contributed by atoms with E-state index < -0.39 is 0 Å². The van der Waals surface area contributed by atoms with Crippen LogP contribution in [0.4, 0.5) is 4.39 Å². The molecule has 4 rings (SSSR count). The summed E-state index contributed by atoms with van der Waals surface area (Å²) in [5, 5.41) is 5.16. The van der Waals surface area contributed by atoms with Gasteiger partial charge >= 0.3 is 0 Å². The Morgan fingerprint density at radius 2 is 1.86 bits per heavy atom. The Balaban J connectivity index is 1.88. The first-order valence-corrected chi connectivity index (χ1v) is 7.41. The highest BCUT2D eigenvalue weighted by molar-refractivity contribution is 6.33. The maximum atomic E-state index is 13.0. The number of hydrogen-bond acceptors (Lipinski definition) is 2. The number of fused-ring (bicyclic) bond motifs is 1. The van der Waals surface area contributed by atoms with Gasteiger partial charge in [-0.25, -0.2) is 13.9 Å². The summed E-state index contributed by atoms with van der Waals surface area (Å²) in [6.07, 6.45) is 3.62. The highest BCUT2D eigenvalue weighted by Crippen LogP contribution is 2.37. The van der Waals surface area contributed by atoms with Gasteiger partial charge in [-0.3, -0.25) is 0 Å². The zero-order valence-corrected chi connectivity index (χ0v) is 12.0. The van der Waals surface area contributed by atoms with Crippen LogP contribution in [0, 0.1) is 5.82 Å². The zero-order valence-electron chi connectivity index (χ0n) is 11.3. The van der Waals surface area contributed by atoms with Crippen molar-refractivity contribution in [2.75, 3.05) is 0 Å². The average molecular weight is 302 g/mol. The van der Waals surface area contributed by atoms with Crippen LogP contribution in [0.25, 0.3) is 17.0 Å². The van der Waals surface area contributed by atoms with E-state index in [1.807, 2.05) is 16.6 Å². The first-order chi connectivity index (χ1) is 10.2. The molecule has 3 aromatic rings. The fourth-order valence-electron chi connectivity index (χ4n) is 2.68. The molecule has 0 aliphatic heterocycles. The molecular weight excluding hydrogens is 289 g/mol. The SMILES string of the molecule is Fc1ccc(-c2nc3c(Cl)ccc(C4CCC4)n3n2)cc1. The molecule has 1 aliphatic carbocycles. The lowest BCUT2D eigenvalue weighted by Crippen LogP contribution is -2.13. The molecule has 21 heavy (non-hydrogen) atoms. The van der Waals surface area contributed by atoms with E-state index in [9.17, 15) is 4.39 Å². The van der Waals surface area contributed by atoms with E-state index in [4.69, 9.17) is 11.6 Å². The molecule has 0 spiro atoms. The first-order valence-electron chi connectivity index (χ1n) is 7.03. The first kappa shape index (κ1) is 12.8. The quantitative estimate of drug-likeness (QED) is 0.699. The van der Waals surface area contributed by atoms with Crippen LogP contribution in [0.3, 0.4) is 0 Å². The molecule has 2 heterocycles. The Kier molecular flexibility index (Phi) is 2.93. The molecule has 0 atom stereocenters. The number of pyridine rings is 1. The third kappa shape index (κ3) is 2.10. The predicted octanol–water partition coefficient (Wildman–Crippen LogP) is 4.46. The summed E-state index contributed by atoms with van der Waals surface area (Å²) in [6, 6.07) is 10.1. The van der Waals surface area contributed by atoms with E-state index in [1.165, 1.54) is 31.4 Å². The normalized spacial score (nSPS) is 15.3. The highest BCUT2D eigenvalue weighted by atomic mass is 35.5. The van der Waals surface area contributed by atoms with Crippen LogP contribution in [-0.4, -0.2) is 14.6 Å². The van der Waals surface area contributed by atoms with E-state index in [-0.39, 0.29) is 5.82 Å². The Morgan fingerprint density at radius 3 is 2.52 bits per heavy atom. The number of benzene rings is 1. The van der Waals surface area contributed by atoms with Gasteiger partial charge in [0.2, 0.25) is 0 Å². The lowest BCUT2D eigenvalue weighted by molar-refractivity contribution is 0.404. The van der Waals surface area contributed by atoms with Crippen LogP contribution in [0.2, 0.25) is 5.02 Å². The van der Waals surface area contributed by atoms with E-state index in [1.54, 1.807) is 12.1 Å². The van der Waals surface area contributed by atoms with Gasteiger partial charge in [0.15, 0.2) is 11.5 Å². The molecule has 0 unspecified atom stereocenters. The Labute approximate surface area is 126 Å². The monoisotopic (exact) mass is 301 g/mol. The second-order valence-corrected chi connectivity index (χ2v) is 5.82. The van der Waals surface area contributed by atoms with Crippen molar-refractivity contribution in [2.45, 2.75) is 25.2 Å². The standard InChI is InChI=1S/C16H13ClFN3/c17-13-8-9-14(10-2-1-3-10)21-16(13)19-15(20-21)11-4-6-12(18)7-5-11/h4-10H,1-3H2. The summed E-state index contributed by atoms with van der Waals surface area (Å²) >= 11 is 6.24. The van der Waals surface area contributed by atoms with Gasteiger partial charge in [0.1, 0.15) is 5.82 Å². The van der Waals surface area contributed by atoms with Crippen molar-refractivity contribution in [2.24, 2.45) is 0 Å². The van der Waals surface area contributed by atoms with Crippen molar-refractivity contribution >= 4 is 17.2 Å². The Hall–Kier alpha value is -1.94.